The molecule has 0 unspecified atom stereocenters. The largest absolute Gasteiger partial charge is 0.393 e. The van der Waals surface area contributed by atoms with E-state index in [0.29, 0.717) is 23.9 Å². The van der Waals surface area contributed by atoms with Gasteiger partial charge < -0.3 is 10.2 Å². The van der Waals surface area contributed by atoms with Crippen molar-refractivity contribution < 1.29 is 18.6 Å². The van der Waals surface area contributed by atoms with Crippen LogP contribution in [0.25, 0.3) is 0 Å². The van der Waals surface area contributed by atoms with Crippen LogP contribution in [0, 0.1) is 11.8 Å². The average Bonchev–Trinajstić information content (AvgIpc) is 2.60. The molecule has 2 rings (SSSR count). The summed E-state index contributed by atoms with van der Waals surface area (Å²) in [6.45, 7) is 15.9. The third-order valence-electron chi connectivity index (χ3n) is 5.91. The highest BCUT2D eigenvalue weighted by Gasteiger charge is 2.30. The second kappa shape index (κ2) is 11.8. The fraction of sp³-hybridized carbons (Fsp3) is 1.00. The van der Waals surface area contributed by atoms with Gasteiger partial charge in [-0.15, -0.1) is 0 Å². The van der Waals surface area contributed by atoms with Gasteiger partial charge in [-0.3, -0.25) is 0 Å². The zero-order valence-corrected chi connectivity index (χ0v) is 21.9. The molecule has 8 atom stereocenters. The van der Waals surface area contributed by atoms with Crippen molar-refractivity contribution >= 4 is 22.0 Å². The molecule has 0 bridgehead atoms. The third kappa shape index (κ3) is 9.74. The fourth-order valence-corrected chi connectivity index (χ4v) is 5.37. The molecule has 0 aromatic rings. The molecule has 0 saturated heterocycles. The van der Waals surface area contributed by atoms with Crippen molar-refractivity contribution in [3.8, 4) is 0 Å². The van der Waals surface area contributed by atoms with Gasteiger partial charge in [0, 0.05) is 12.1 Å². The Labute approximate surface area is 189 Å². The lowest BCUT2D eigenvalue weighted by Crippen LogP contribution is -2.44. The number of rotatable bonds is 4. The minimum atomic E-state index is -0.993. The van der Waals surface area contributed by atoms with Crippen molar-refractivity contribution in [2.75, 3.05) is 0 Å². The quantitative estimate of drug-likeness (QED) is 0.511. The van der Waals surface area contributed by atoms with Crippen LogP contribution < -0.4 is 9.44 Å². The van der Waals surface area contributed by atoms with E-state index in [9.17, 15) is 18.6 Å². The third-order valence-corrected chi connectivity index (χ3v) is 9.23. The molecule has 2 aliphatic rings. The van der Waals surface area contributed by atoms with Crippen LogP contribution in [0.5, 0.6) is 0 Å². The van der Waals surface area contributed by atoms with Gasteiger partial charge in [-0.2, -0.15) is 0 Å². The summed E-state index contributed by atoms with van der Waals surface area (Å²) in [5.74, 6) is 0.626. The summed E-state index contributed by atoms with van der Waals surface area (Å²) in [7, 11) is -1.99. The first-order chi connectivity index (χ1) is 13.6. The molecule has 30 heavy (non-hydrogen) atoms. The van der Waals surface area contributed by atoms with Crippen LogP contribution in [-0.2, 0) is 22.0 Å². The van der Waals surface area contributed by atoms with Crippen molar-refractivity contribution in [1.29, 1.82) is 0 Å². The first-order valence-corrected chi connectivity index (χ1v) is 13.6. The van der Waals surface area contributed by atoms with E-state index >= 15 is 0 Å². The van der Waals surface area contributed by atoms with Gasteiger partial charge in [-0.25, -0.2) is 17.9 Å². The van der Waals surface area contributed by atoms with E-state index in [1.54, 1.807) is 0 Å². The number of aliphatic hydroxyl groups excluding tert-OH is 2. The Morgan fingerprint density at radius 3 is 1.20 bits per heavy atom. The van der Waals surface area contributed by atoms with Gasteiger partial charge in [0.25, 0.3) is 0 Å². The van der Waals surface area contributed by atoms with Crippen LogP contribution in [-0.4, -0.2) is 52.4 Å². The van der Waals surface area contributed by atoms with E-state index in [0.717, 1.165) is 38.5 Å². The van der Waals surface area contributed by atoms with Gasteiger partial charge in [0.1, 0.15) is 0 Å². The molecule has 0 heterocycles. The Morgan fingerprint density at radius 2 is 0.967 bits per heavy atom. The normalized spacial score (nSPS) is 35.1. The summed E-state index contributed by atoms with van der Waals surface area (Å²) in [6, 6.07) is 0.590. The molecular formula is C22H46N2O4S2. The molecule has 0 radical (unpaired) electrons. The molecule has 8 heteroatoms. The number of aliphatic hydroxyl groups is 2. The Hall–Kier alpha value is 0.140. The van der Waals surface area contributed by atoms with E-state index in [2.05, 4.69) is 23.3 Å². The van der Waals surface area contributed by atoms with Gasteiger partial charge in [-0.05, 0) is 91.9 Å². The van der Waals surface area contributed by atoms with Crippen LogP contribution in [0.2, 0.25) is 0 Å². The molecule has 2 fully saturated rings. The van der Waals surface area contributed by atoms with Crippen molar-refractivity contribution in [3.05, 3.63) is 0 Å². The van der Waals surface area contributed by atoms with Crippen LogP contribution in [0.15, 0.2) is 0 Å². The summed E-state index contributed by atoms with van der Waals surface area (Å²) < 4.78 is 29.6. The van der Waals surface area contributed by atoms with Crippen LogP contribution in [0.4, 0.5) is 0 Å². The highest BCUT2D eigenvalue weighted by atomic mass is 32.2. The minimum Gasteiger partial charge on any atom is -0.393 e. The highest BCUT2D eigenvalue weighted by Crippen LogP contribution is 2.26. The zero-order chi connectivity index (χ0) is 23.3. The van der Waals surface area contributed by atoms with Crippen molar-refractivity contribution in [2.45, 2.75) is 128 Å². The van der Waals surface area contributed by atoms with Crippen LogP contribution >= 0.6 is 0 Å². The summed E-state index contributed by atoms with van der Waals surface area (Å²) in [5.41, 5.74) is 0. The maximum Gasteiger partial charge on any atom is 0.0972 e. The lowest BCUT2D eigenvalue weighted by Gasteiger charge is -2.32. The molecule has 0 aromatic heterocycles. The predicted molar refractivity (Wildman–Crippen MR) is 128 cm³/mol. The molecule has 0 amide bonds. The van der Waals surface area contributed by atoms with Gasteiger partial charge >= 0.3 is 0 Å². The van der Waals surface area contributed by atoms with Crippen molar-refractivity contribution in [2.24, 2.45) is 11.8 Å². The van der Waals surface area contributed by atoms with E-state index in [1.165, 1.54) is 0 Å². The summed E-state index contributed by atoms with van der Waals surface area (Å²) in [5, 5.41) is 19.2. The molecule has 0 aliphatic heterocycles. The summed E-state index contributed by atoms with van der Waals surface area (Å²) in [6.07, 6.45) is 4.98. The van der Waals surface area contributed by atoms with Gasteiger partial charge in [0.2, 0.25) is 0 Å². The Balaban J connectivity index is 0.000000300. The fourth-order valence-electron chi connectivity index (χ4n) is 3.63. The summed E-state index contributed by atoms with van der Waals surface area (Å²) in [4.78, 5) is 0. The van der Waals surface area contributed by atoms with Gasteiger partial charge in [0.15, 0.2) is 0 Å². The Kier molecular flexibility index (Phi) is 11.1. The molecular weight excluding hydrogens is 420 g/mol. The van der Waals surface area contributed by atoms with Crippen molar-refractivity contribution in [3.63, 3.8) is 0 Å². The molecule has 2 aliphatic carbocycles. The predicted octanol–water partition coefficient (Wildman–Crippen LogP) is 3.18. The maximum atomic E-state index is 11.9. The molecule has 2 saturated carbocycles. The number of nitrogens with one attached hydrogen (secondary N) is 2. The minimum absolute atomic E-state index is 0.175. The SMILES string of the molecule is C[C@@H]1C[C@@H](N[S@@](=O)C(C)(C)C)CC[C@H]1O.C[C@H]1C[C@@H](N[S@@](=O)C(C)(C)C)CC[C@@H]1O. The van der Waals surface area contributed by atoms with E-state index in [-0.39, 0.29) is 21.7 Å². The zero-order valence-electron chi connectivity index (χ0n) is 20.2. The molecule has 4 N–H and O–H groups in total. The summed E-state index contributed by atoms with van der Waals surface area (Å²) >= 11 is 0. The van der Waals surface area contributed by atoms with Crippen molar-refractivity contribution in [1.82, 2.24) is 9.44 Å². The van der Waals surface area contributed by atoms with Crippen LogP contribution in [0.1, 0.15) is 93.9 Å². The second-order valence-corrected chi connectivity index (χ2v) is 15.1. The van der Waals surface area contributed by atoms with E-state index < -0.39 is 22.0 Å². The lowest BCUT2D eigenvalue weighted by atomic mass is 9.85. The van der Waals surface area contributed by atoms with Gasteiger partial charge in [0.05, 0.1) is 43.7 Å². The average molecular weight is 467 g/mol. The highest BCUT2D eigenvalue weighted by molar-refractivity contribution is 7.84. The second-order valence-electron chi connectivity index (χ2n) is 11.1. The Bertz CT molecular complexity index is 524. The van der Waals surface area contributed by atoms with Gasteiger partial charge in [-0.1, -0.05) is 13.8 Å². The molecule has 180 valence electrons. The maximum absolute atomic E-state index is 11.9. The number of hydrogen-bond acceptors (Lipinski definition) is 4. The molecule has 0 aromatic carbocycles. The van der Waals surface area contributed by atoms with Crippen LogP contribution in [0.3, 0.4) is 0 Å². The standard InChI is InChI=1S/2C11H23NO2S/c2*1-8-7-9(5-6-10(8)13)12-15(14)11(2,3)4/h2*8-10,12-13H,5-7H2,1-4H3/t8-,9+,10-,15+;8-,9-,10-,15-/m10/s1. The first kappa shape index (κ1) is 28.2. The lowest BCUT2D eigenvalue weighted by molar-refractivity contribution is 0.0697. The van der Waals surface area contributed by atoms with E-state index in [1.807, 2.05) is 41.5 Å². The Morgan fingerprint density at radius 1 is 0.667 bits per heavy atom. The molecule has 0 spiro atoms. The molecule has 6 nitrogen and oxygen atoms in total. The number of hydrogen-bond donors (Lipinski definition) is 4. The smallest absolute Gasteiger partial charge is 0.0972 e. The monoisotopic (exact) mass is 466 g/mol. The topological polar surface area (TPSA) is 98.7 Å². The first-order valence-electron chi connectivity index (χ1n) is 11.3. The van der Waals surface area contributed by atoms with E-state index in [4.69, 9.17) is 0 Å².